The lowest BCUT2D eigenvalue weighted by molar-refractivity contribution is -0.112. The highest BCUT2D eigenvalue weighted by Crippen LogP contribution is 2.31. The topological polar surface area (TPSA) is 108 Å². The summed E-state index contributed by atoms with van der Waals surface area (Å²) in [4.78, 5) is 13.2. The maximum absolute atomic E-state index is 13.7. The molecule has 5 rings (SSSR count). The summed E-state index contributed by atoms with van der Waals surface area (Å²) in [7, 11) is -3.73. The minimum Gasteiger partial charge on any atom is -0.321 e. The molecule has 9 heteroatoms. The van der Waals surface area contributed by atoms with Crippen molar-refractivity contribution in [2.45, 2.75) is 32.1 Å². The van der Waals surface area contributed by atoms with E-state index in [0.29, 0.717) is 35.6 Å². The summed E-state index contributed by atoms with van der Waals surface area (Å²) in [5, 5.41) is 17.5. The molecule has 4 aromatic rings. The second-order valence-electron chi connectivity index (χ2n) is 11.0. The molecule has 1 amide bonds. The highest BCUT2D eigenvalue weighted by Gasteiger charge is 2.32. The van der Waals surface area contributed by atoms with Gasteiger partial charge in [0.15, 0.2) is 0 Å². The molecule has 0 spiro atoms. The van der Waals surface area contributed by atoms with Gasteiger partial charge in [0.05, 0.1) is 10.6 Å². The number of nitrogens with zero attached hydrogens (tertiary/aromatic N) is 4. The average molecular weight is 580 g/mol. The molecule has 1 aromatic heterocycles. The number of nitriles is 1. The normalized spacial score (nSPS) is 17.9. The molecule has 8 nitrogen and oxygen atoms in total. The average Bonchev–Trinajstić information content (AvgIpc) is 3.41. The van der Waals surface area contributed by atoms with Crippen molar-refractivity contribution < 1.29 is 13.2 Å². The zero-order chi connectivity index (χ0) is 29.9. The van der Waals surface area contributed by atoms with Crippen molar-refractivity contribution >= 4 is 27.7 Å². The highest BCUT2D eigenvalue weighted by atomic mass is 32.2. The third-order valence-corrected chi connectivity index (χ3v) is 9.15. The van der Waals surface area contributed by atoms with E-state index in [-0.39, 0.29) is 22.3 Å². The van der Waals surface area contributed by atoms with Gasteiger partial charge in [0, 0.05) is 36.1 Å². The number of para-hydroxylation sites is 1. The molecule has 1 aliphatic rings. The predicted octanol–water partition coefficient (Wildman–Crippen LogP) is 6.06. The van der Waals surface area contributed by atoms with E-state index in [4.69, 9.17) is 5.10 Å². The number of anilines is 1. The number of benzene rings is 3. The summed E-state index contributed by atoms with van der Waals surface area (Å²) in [6, 6.07) is 25.4. The van der Waals surface area contributed by atoms with Crippen LogP contribution in [0.3, 0.4) is 0 Å². The second kappa shape index (κ2) is 12.1. The number of carbonyl (C=O) groups excluding carboxylic acids is 1. The molecule has 2 heterocycles. The fourth-order valence-corrected chi connectivity index (χ4v) is 7.05. The number of nitrogens with one attached hydrogen (secondary N) is 1. The van der Waals surface area contributed by atoms with Crippen molar-refractivity contribution in [3.63, 3.8) is 0 Å². The second-order valence-corrected chi connectivity index (χ2v) is 12.9. The van der Waals surface area contributed by atoms with Gasteiger partial charge in [0.1, 0.15) is 17.3 Å². The Morgan fingerprint density at radius 2 is 1.69 bits per heavy atom. The lowest BCUT2D eigenvalue weighted by Crippen LogP contribution is -2.42. The van der Waals surface area contributed by atoms with Crippen LogP contribution < -0.4 is 5.32 Å². The number of sulfonamides is 1. The van der Waals surface area contributed by atoms with E-state index >= 15 is 0 Å². The van der Waals surface area contributed by atoms with Crippen LogP contribution in [-0.4, -0.2) is 41.5 Å². The molecule has 0 aliphatic carbocycles. The molecule has 0 radical (unpaired) electrons. The summed E-state index contributed by atoms with van der Waals surface area (Å²) < 4.78 is 30.6. The molecule has 1 saturated heterocycles. The van der Waals surface area contributed by atoms with Crippen molar-refractivity contribution in [2.75, 3.05) is 18.4 Å². The Kier molecular flexibility index (Phi) is 8.39. The van der Waals surface area contributed by atoms with Gasteiger partial charge in [-0.2, -0.15) is 14.7 Å². The molecular weight excluding hydrogens is 546 g/mol. The van der Waals surface area contributed by atoms with Crippen LogP contribution in [0.1, 0.15) is 31.4 Å². The first-order valence-corrected chi connectivity index (χ1v) is 15.3. The molecule has 42 heavy (non-hydrogen) atoms. The summed E-state index contributed by atoms with van der Waals surface area (Å²) in [6.07, 6.45) is 4.22. The Hall–Kier alpha value is -4.52. The molecule has 2 unspecified atom stereocenters. The van der Waals surface area contributed by atoms with Crippen LogP contribution in [0.5, 0.6) is 0 Å². The van der Waals surface area contributed by atoms with Gasteiger partial charge in [-0.05, 0) is 67.7 Å². The number of amides is 1. The minimum atomic E-state index is -3.73. The molecule has 214 valence electrons. The predicted molar refractivity (Wildman–Crippen MR) is 164 cm³/mol. The third kappa shape index (κ3) is 6.35. The Bertz CT molecular complexity index is 1760. The largest absolute Gasteiger partial charge is 0.321 e. The molecule has 0 bridgehead atoms. The molecule has 1 aliphatic heterocycles. The highest BCUT2D eigenvalue weighted by molar-refractivity contribution is 7.89. The smallest absolute Gasteiger partial charge is 0.266 e. The number of piperidine rings is 1. The first-order chi connectivity index (χ1) is 20.1. The van der Waals surface area contributed by atoms with E-state index in [0.717, 1.165) is 17.7 Å². The van der Waals surface area contributed by atoms with Gasteiger partial charge in [0.2, 0.25) is 10.0 Å². The van der Waals surface area contributed by atoms with Gasteiger partial charge < -0.3 is 5.32 Å². The Morgan fingerprint density at radius 3 is 2.36 bits per heavy atom. The SMILES string of the molecule is Cc1ccc(NC(=O)C(C#N)=Cc2cn(-c3ccccc3)nc2-c2cccc(S(=O)(=O)N3CC(C)CC(C)C3)c2)cc1. The molecular formula is C33H33N5O3S. The number of aromatic nitrogens is 2. The van der Waals surface area contributed by atoms with Crippen LogP contribution in [0.2, 0.25) is 0 Å². The van der Waals surface area contributed by atoms with Crippen molar-refractivity contribution in [1.29, 1.82) is 5.26 Å². The number of hydrogen-bond donors (Lipinski definition) is 1. The van der Waals surface area contributed by atoms with Crippen LogP contribution >= 0.6 is 0 Å². The maximum Gasteiger partial charge on any atom is 0.266 e. The number of rotatable bonds is 7. The van der Waals surface area contributed by atoms with Crippen LogP contribution in [0.25, 0.3) is 23.0 Å². The fourth-order valence-electron chi connectivity index (χ4n) is 5.32. The monoisotopic (exact) mass is 579 g/mol. The van der Waals surface area contributed by atoms with E-state index in [2.05, 4.69) is 19.2 Å². The standard InChI is InChI=1S/C33H33N5O3S/c1-23-12-14-29(15-13-23)35-33(39)27(19-34)17-28-22-38(30-9-5-4-6-10-30)36-32(28)26-8-7-11-31(18-26)42(40,41)37-20-24(2)16-25(3)21-37/h4-15,17-18,22,24-25H,16,20-21H2,1-3H3,(H,35,39). The molecule has 0 saturated carbocycles. The lowest BCUT2D eigenvalue weighted by Gasteiger charge is -2.34. The summed E-state index contributed by atoms with van der Waals surface area (Å²) in [5.74, 6) is 0.00499. The van der Waals surface area contributed by atoms with E-state index in [9.17, 15) is 18.5 Å². The van der Waals surface area contributed by atoms with Crippen LogP contribution in [0.4, 0.5) is 5.69 Å². The zero-order valence-electron chi connectivity index (χ0n) is 23.9. The summed E-state index contributed by atoms with van der Waals surface area (Å²) in [5.41, 5.74) is 3.81. The van der Waals surface area contributed by atoms with Crippen molar-refractivity contribution in [3.05, 3.63) is 102 Å². The van der Waals surface area contributed by atoms with Crippen molar-refractivity contribution in [2.24, 2.45) is 11.8 Å². The Labute approximate surface area is 247 Å². The van der Waals surface area contributed by atoms with Gasteiger partial charge in [-0.1, -0.05) is 61.9 Å². The van der Waals surface area contributed by atoms with E-state index in [1.807, 2.05) is 55.5 Å². The van der Waals surface area contributed by atoms with E-state index in [1.165, 1.54) is 6.08 Å². The van der Waals surface area contributed by atoms with Gasteiger partial charge in [-0.3, -0.25) is 4.79 Å². The minimum absolute atomic E-state index is 0.107. The molecule has 3 aromatic carbocycles. The van der Waals surface area contributed by atoms with E-state index in [1.54, 1.807) is 51.6 Å². The van der Waals surface area contributed by atoms with Gasteiger partial charge in [-0.25, -0.2) is 13.1 Å². The number of carbonyl (C=O) groups is 1. The fraction of sp³-hybridized carbons (Fsp3) is 0.242. The van der Waals surface area contributed by atoms with Crippen LogP contribution in [0.15, 0.2) is 95.5 Å². The molecule has 1 N–H and O–H groups in total. The summed E-state index contributed by atoms with van der Waals surface area (Å²) in [6.45, 7) is 7.06. The van der Waals surface area contributed by atoms with Crippen LogP contribution in [-0.2, 0) is 14.8 Å². The first kappa shape index (κ1) is 29.0. The number of hydrogen-bond acceptors (Lipinski definition) is 5. The molecule has 1 fully saturated rings. The van der Waals surface area contributed by atoms with Crippen molar-refractivity contribution in [3.8, 4) is 23.0 Å². The Balaban J connectivity index is 1.55. The van der Waals surface area contributed by atoms with Gasteiger partial charge >= 0.3 is 0 Å². The third-order valence-electron chi connectivity index (χ3n) is 7.32. The Morgan fingerprint density at radius 1 is 1.00 bits per heavy atom. The lowest BCUT2D eigenvalue weighted by atomic mass is 9.94. The van der Waals surface area contributed by atoms with Crippen LogP contribution in [0, 0.1) is 30.1 Å². The maximum atomic E-state index is 13.7. The first-order valence-electron chi connectivity index (χ1n) is 13.9. The van der Waals surface area contributed by atoms with Crippen molar-refractivity contribution in [1.82, 2.24) is 14.1 Å². The van der Waals surface area contributed by atoms with Gasteiger partial charge in [0.25, 0.3) is 5.91 Å². The van der Waals surface area contributed by atoms with Gasteiger partial charge in [-0.15, -0.1) is 0 Å². The summed E-state index contributed by atoms with van der Waals surface area (Å²) >= 11 is 0. The quantitative estimate of drug-likeness (QED) is 0.212. The zero-order valence-corrected chi connectivity index (χ0v) is 24.7. The number of aryl methyl sites for hydroxylation is 1. The van der Waals surface area contributed by atoms with E-state index < -0.39 is 15.9 Å². The molecule has 2 atom stereocenters.